The van der Waals surface area contributed by atoms with Crippen LogP contribution in [0.1, 0.15) is 59.8 Å². The zero-order chi connectivity index (χ0) is 22.7. The molecule has 4 rings (SSSR count). The third-order valence-electron chi connectivity index (χ3n) is 5.54. The molecule has 170 valence electrons. The second-order valence-corrected chi connectivity index (χ2v) is 10.8. The number of carbonyl (C=O) groups excluding carboxylic acids is 2. The Labute approximate surface area is 198 Å². The molecule has 0 saturated heterocycles. The van der Waals surface area contributed by atoms with Crippen LogP contribution in [0.25, 0.3) is 10.2 Å². The van der Waals surface area contributed by atoms with Crippen molar-refractivity contribution in [3.63, 3.8) is 0 Å². The number of rotatable bonds is 10. The molecule has 2 amide bonds. The van der Waals surface area contributed by atoms with E-state index in [-0.39, 0.29) is 17.2 Å². The van der Waals surface area contributed by atoms with Crippen LogP contribution >= 0.6 is 34.4 Å². The number of amides is 2. The van der Waals surface area contributed by atoms with E-state index >= 15 is 0 Å². The molecule has 0 spiro atoms. The van der Waals surface area contributed by atoms with Crippen LogP contribution in [0, 0.1) is 0 Å². The Morgan fingerprint density at radius 2 is 2.12 bits per heavy atom. The van der Waals surface area contributed by atoms with Gasteiger partial charge >= 0.3 is 0 Å². The van der Waals surface area contributed by atoms with Gasteiger partial charge < -0.3 is 11.1 Å². The summed E-state index contributed by atoms with van der Waals surface area (Å²) >= 11 is 4.12. The predicted molar refractivity (Wildman–Crippen MR) is 132 cm³/mol. The van der Waals surface area contributed by atoms with Gasteiger partial charge in [-0.25, -0.2) is 4.98 Å². The summed E-state index contributed by atoms with van der Waals surface area (Å²) < 4.78 is 1.75. The summed E-state index contributed by atoms with van der Waals surface area (Å²) in [7, 11) is 0. The molecule has 0 radical (unpaired) electrons. The van der Waals surface area contributed by atoms with Crippen molar-refractivity contribution in [2.45, 2.75) is 63.6 Å². The van der Waals surface area contributed by atoms with Crippen molar-refractivity contribution >= 4 is 61.5 Å². The average Bonchev–Trinajstić information content (AvgIpc) is 3.47. The standard InChI is InChI=1S/C22H26N4O3S3/c1-2-3-4-5-10-26-21(29)17-13-7-6-8-15(13)32-20(17)25-22(26)31-12-16(27)24-19-14(18(23)28)9-11-30-19/h9,11H,2-8,10,12H2,1H3,(H2,23,28)(H,24,27). The number of aryl methyl sites for hydroxylation is 2. The first-order valence-corrected chi connectivity index (χ1v) is 13.5. The van der Waals surface area contributed by atoms with Gasteiger partial charge in [0.1, 0.15) is 9.83 Å². The van der Waals surface area contributed by atoms with Gasteiger partial charge in [0.05, 0.1) is 16.7 Å². The number of aromatic nitrogens is 2. The molecule has 0 unspecified atom stereocenters. The monoisotopic (exact) mass is 490 g/mol. The first-order valence-electron chi connectivity index (χ1n) is 10.8. The Morgan fingerprint density at radius 1 is 1.28 bits per heavy atom. The summed E-state index contributed by atoms with van der Waals surface area (Å²) in [5.74, 6) is -0.748. The summed E-state index contributed by atoms with van der Waals surface area (Å²) in [5.41, 5.74) is 6.84. The Morgan fingerprint density at radius 3 is 2.91 bits per heavy atom. The number of fused-ring (bicyclic) bond motifs is 3. The lowest BCUT2D eigenvalue weighted by atomic mass is 10.2. The largest absolute Gasteiger partial charge is 0.366 e. The topological polar surface area (TPSA) is 107 Å². The molecule has 1 aliphatic carbocycles. The highest BCUT2D eigenvalue weighted by molar-refractivity contribution is 7.99. The highest BCUT2D eigenvalue weighted by Crippen LogP contribution is 2.35. The first kappa shape index (κ1) is 23.0. The minimum Gasteiger partial charge on any atom is -0.366 e. The van der Waals surface area contributed by atoms with Crippen LogP contribution in [-0.2, 0) is 24.2 Å². The molecule has 32 heavy (non-hydrogen) atoms. The lowest BCUT2D eigenvalue weighted by Gasteiger charge is -2.12. The molecule has 0 saturated carbocycles. The van der Waals surface area contributed by atoms with Crippen molar-refractivity contribution in [2.24, 2.45) is 5.73 Å². The number of unbranched alkanes of at least 4 members (excludes halogenated alkanes) is 3. The summed E-state index contributed by atoms with van der Waals surface area (Å²) in [6, 6.07) is 1.59. The second-order valence-electron chi connectivity index (χ2n) is 7.81. The lowest BCUT2D eigenvalue weighted by molar-refractivity contribution is -0.113. The predicted octanol–water partition coefficient (Wildman–Crippen LogP) is 4.42. The highest BCUT2D eigenvalue weighted by Gasteiger charge is 2.23. The van der Waals surface area contributed by atoms with Gasteiger partial charge in [0.15, 0.2) is 5.16 Å². The van der Waals surface area contributed by atoms with Gasteiger partial charge in [-0.1, -0.05) is 37.9 Å². The van der Waals surface area contributed by atoms with E-state index in [2.05, 4.69) is 12.2 Å². The van der Waals surface area contributed by atoms with E-state index in [9.17, 15) is 14.4 Å². The minimum absolute atomic E-state index is 0.0167. The molecular formula is C22H26N4O3S3. The van der Waals surface area contributed by atoms with Gasteiger partial charge in [0, 0.05) is 11.4 Å². The molecule has 10 heteroatoms. The number of nitrogens with two attached hydrogens (primary N) is 1. The number of nitrogens with one attached hydrogen (secondary N) is 1. The van der Waals surface area contributed by atoms with Crippen molar-refractivity contribution in [1.82, 2.24) is 9.55 Å². The first-order chi connectivity index (χ1) is 15.5. The molecule has 0 atom stereocenters. The third kappa shape index (κ3) is 4.77. The van der Waals surface area contributed by atoms with Crippen LogP contribution in [-0.4, -0.2) is 27.1 Å². The van der Waals surface area contributed by atoms with Crippen LogP contribution in [0.15, 0.2) is 21.4 Å². The molecule has 3 aromatic rings. The van der Waals surface area contributed by atoms with E-state index in [1.165, 1.54) is 33.5 Å². The zero-order valence-corrected chi connectivity index (χ0v) is 20.4. The van der Waals surface area contributed by atoms with Crippen LogP contribution in [0.2, 0.25) is 0 Å². The maximum atomic E-state index is 13.4. The van der Waals surface area contributed by atoms with E-state index in [0.717, 1.165) is 55.2 Å². The minimum atomic E-state index is -0.576. The number of anilines is 1. The van der Waals surface area contributed by atoms with Gasteiger partial charge in [-0.15, -0.1) is 22.7 Å². The smallest absolute Gasteiger partial charge is 0.263 e. The zero-order valence-electron chi connectivity index (χ0n) is 17.9. The normalized spacial score (nSPS) is 12.9. The maximum Gasteiger partial charge on any atom is 0.263 e. The fraction of sp³-hybridized carbons (Fsp3) is 0.455. The number of thiophene rings is 2. The van der Waals surface area contributed by atoms with Crippen LogP contribution < -0.4 is 16.6 Å². The molecule has 3 N–H and O–H groups in total. The van der Waals surface area contributed by atoms with Gasteiger partial charge in [-0.2, -0.15) is 0 Å². The summed E-state index contributed by atoms with van der Waals surface area (Å²) in [4.78, 5) is 44.3. The second kappa shape index (κ2) is 10.2. The average molecular weight is 491 g/mol. The number of primary amides is 1. The quantitative estimate of drug-likeness (QED) is 0.249. The molecule has 0 bridgehead atoms. The van der Waals surface area contributed by atoms with Crippen LogP contribution in [0.3, 0.4) is 0 Å². The lowest BCUT2D eigenvalue weighted by Crippen LogP contribution is -2.24. The van der Waals surface area contributed by atoms with E-state index in [0.29, 0.717) is 22.3 Å². The Hall–Kier alpha value is -2.17. The SMILES string of the molecule is CCCCCCn1c(SCC(=O)Nc2sccc2C(N)=O)nc2sc3c(c2c1=O)CCC3. The molecule has 1 aliphatic rings. The number of thioether (sulfide) groups is 1. The summed E-state index contributed by atoms with van der Waals surface area (Å²) in [5, 5.41) is 6.26. The van der Waals surface area contributed by atoms with E-state index in [1.807, 2.05) is 0 Å². The third-order valence-corrected chi connectivity index (χ3v) is 8.53. The Kier molecular flexibility index (Phi) is 7.32. The van der Waals surface area contributed by atoms with Gasteiger partial charge in [-0.3, -0.25) is 19.0 Å². The molecule has 3 aromatic heterocycles. The van der Waals surface area contributed by atoms with Gasteiger partial charge in [0.25, 0.3) is 11.5 Å². The fourth-order valence-corrected chi connectivity index (χ4v) is 6.89. The molecule has 7 nitrogen and oxygen atoms in total. The van der Waals surface area contributed by atoms with Crippen molar-refractivity contribution in [3.8, 4) is 0 Å². The van der Waals surface area contributed by atoms with Gasteiger partial charge in [-0.05, 0) is 42.7 Å². The van der Waals surface area contributed by atoms with E-state index in [1.54, 1.807) is 27.4 Å². The summed E-state index contributed by atoms with van der Waals surface area (Å²) in [6.07, 6.45) is 7.28. The molecule has 0 aliphatic heterocycles. The molecule has 3 heterocycles. The fourth-order valence-electron chi connectivity index (χ4n) is 3.96. The highest BCUT2D eigenvalue weighted by atomic mass is 32.2. The molecule has 0 fully saturated rings. The van der Waals surface area contributed by atoms with Crippen molar-refractivity contribution in [2.75, 3.05) is 11.1 Å². The van der Waals surface area contributed by atoms with Crippen LogP contribution in [0.4, 0.5) is 5.00 Å². The number of hydrogen-bond donors (Lipinski definition) is 2. The van der Waals surface area contributed by atoms with E-state index < -0.39 is 5.91 Å². The molecular weight excluding hydrogens is 464 g/mol. The number of hydrogen-bond acceptors (Lipinski definition) is 7. The van der Waals surface area contributed by atoms with Crippen molar-refractivity contribution in [1.29, 1.82) is 0 Å². The van der Waals surface area contributed by atoms with Crippen molar-refractivity contribution in [3.05, 3.63) is 37.8 Å². The van der Waals surface area contributed by atoms with Crippen LogP contribution in [0.5, 0.6) is 0 Å². The number of carbonyl (C=O) groups is 2. The Balaban J connectivity index is 1.56. The number of nitrogens with zero attached hydrogens (tertiary/aromatic N) is 2. The molecule has 0 aromatic carbocycles. The maximum absolute atomic E-state index is 13.4. The van der Waals surface area contributed by atoms with E-state index in [4.69, 9.17) is 10.7 Å². The van der Waals surface area contributed by atoms with Gasteiger partial charge in [0.2, 0.25) is 5.91 Å². The Bertz CT molecular complexity index is 1210. The summed E-state index contributed by atoms with van der Waals surface area (Å²) in [6.45, 7) is 2.76. The van der Waals surface area contributed by atoms with Crippen molar-refractivity contribution < 1.29 is 9.59 Å².